The summed E-state index contributed by atoms with van der Waals surface area (Å²) in [6, 6.07) is 0. The van der Waals surface area contributed by atoms with Crippen LogP contribution in [-0.4, -0.2) is 50.6 Å². The van der Waals surface area contributed by atoms with E-state index in [-0.39, 0.29) is 29.0 Å². The van der Waals surface area contributed by atoms with Gasteiger partial charge in [-0.3, -0.25) is 0 Å². The van der Waals surface area contributed by atoms with Gasteiger partial charge in [-0.05, 0) is 94.3 Å². The molecule has 0 amide bonds. The fourth-order valence-electron chi connectivity index (χ4n) is 9.80. The van der Waals surface area contributed by atoms with Crippen LogP contribution in [0.2, 0.25) is 0 Å². The molecule has 11 atom stereocenters. The maximum absolute atomic E-state index is 11.2. The molecule has 2 saturated heterocycles. The summed E-state index contributed by atoms with van der Waals surface area (Å²) in [7, 11) is 0. The van der Waals surface area contributed by atoms with E-state index in [9.17, 15) is 15.3 Å². The zero-order chi connectivity index (χ0) is 22.9. The zero-order valence-electron chi connectivity index (χ0n) is 20.4. The second-order valence-corrected chi connectivity index (χ2v) is 13.4. The van der Waals surface area contributed by atoms with Crippen LogP contribution in [0, 0.1) is 34.5 Å². The van der Waals surface area contributed by atoms with Gasteiger partial charge in [-0.25, -0.2) is 0 Å². The van der Waals surface area contributed by atoms with E-state index in [0.717, 1.165) is 38.5 Å². The van der Waals surface area contributed by atoms with Gasteiger partial charge in [0.25, 0.3) is 0 Å². The Hall–Kier alpha value is -0.460. The third-order valence-electron chi connectivity index (χ3n) is 11.5. The largest absolute Gasteiger partial charge is 0.393 e. The van der Waals surface area contributed by atoms with Crippen molar-refractivity contribution in [1.29, 1.82) is 0 Å². The number of aliphatic hydroxyl groups excluding tert-OH is 2. The molecule has 3 N–H and O–H groups in total. The molecule has 5 heteroatoms. The first-order valence-corrected chi connectivity index (χ1v) is 13.0. The van der Waals surface area contributed by atoms with Crippen molar-refractivity contribution >= 4 is 0 Å². The highest BCUT2D eigenvalue weighted by Gasteiger charge is 2.75. The highest BCUT2D eigenvalue weighted by Crippen LogP contribution is 2.71. The number of hydrogen-bond acceptors (Lipinski definition) is 5. The molecule has 5 fully saturated rings. The van der Waals surface area contributed by atoms with Crippen molar-refractivity contribution in [3.63, 3.8) is 0 Å². The summed E-state index contributed by atoms with van der Waals surface area (Å²) in [6.45, 7) is 10.5. The van der Waals surface area contributed by atoms with Crippen molar-refractivity contribution in [3.8, 4) is 0 Å². The second kappa shape index (κ2) is 6.40. The van der Waals surface area contributed by atoms with E-state index in [1.807, 2.05) is 0 Å². The van der Waals surface area contributed by atoms with Crippen molar-refractivity contribution < 1.29 is 24.8 Å². The maximum atomic E-state index is 11.2. The van der Waals surface area contributed by atoms with Crippen molar-refractivity contribution in [2.45, 2.75) is 121 Å². The molecule has 2 aliphatic heterocycles. The first-order valence-electron chi connectivity index (χ1n) is 13.0. The molecule has 6 aliphatic rings. The normalized spacial score (nSPS) is 59.0. The summed E-state index contributed by atoms with van der Waals surface area (Å²) in [5, 5.41) is 32.5. The van der Waals surface area contributed by atoms with Crippen LogP contribution in [0.1, 0.15) is 86.0 Å². The number of allylic oxidation sites excluding steroid dienone is 1. The lowest BCUT2D eigenvalue weighted by Gasteiger charge is -2.59. The van der Waals surface area contributed by atoms with Crippen LogP contribution in [0.5, 0.6) is 0 Å². The molecule has 3 saturated carbocycles. The van der Waals surface area contributed by atoms with Gasteiger partial charge in [-0.2, -0.15) is 0 Å². The van der Waals surface area contributed by atoms with Gasteiger partial charge in [-0.15, -0.1) is 0 Å². The molecule has 0 unspecified atom stereocenters. The van der Waals surface area contributed by atoms with Gasteiger partial charge < -0.3 is 24.8 Å². The summed E-state index contributed by atoms with van der Waals surface area (Å²) in [5.41, 5.74) is -0.0853. The number of fused-ring (bicyclic) bond motifs is 10. The van der Waals surface area contributed by atoms with Crippen LogP contribution in [0.15, 0.2) is 11.6 Å². The third kappa shape index (κ3) is 2.53. The highest BCUT2D eigenvalue weighted by atomic mass is 16.7. The van der Waals surface area contributed by atoms with Crippen molar-refractivity contribution in [1.82, 2.24) is 0 Å². The number of ether oxygens (including phenoxy) is 2. The van der Waals surface area contributed by atoms with Gasteiger partial charge in [0, 0.05) is 12.3 Å². The molecule has 4 aliphatic carbocycles. The standard InChI is InChI=1S/C27H42O5/c1-23(2,30)27-14-21(29)26(5,32-27)22-20(31-27)13-19-17-7-6-15-12-16(28)8-10-24(15,3)18(17)9-11-25(19,22)4/h6,16-22,28-30H,7-14H2,1-5H3/t16-,17+,18-,19-,20+,21+,22-,24-,25-,26+,27-/m0/s1. The summed E-state index contributed by atoms with van der Waals surface area (Å²) in [4.78, 5) is 0. The number of rotatable bonds is 1. The summed E-state index contributed by atoms with van der Waals surface area (Å²) in [5.74, 6) is 0.817. The van der Waals surface area contributed by atoms with Crippen LogP contribution >= 0.6 is 0 Å². The summed E-state index contributed by atoms with van der Waals surface area (Å²) >= 11 is 0. The Morgan fingerprint density at radius 3 is 2.53 bits per heavy atom. The SMILES string of the molecule is CC(C)(O)[C@]12C[C@@H](O)[C@@](C)(O1)[C@H]1[C@@H](C[C@H]3[C@@H]4CC=C5C[C@@H](O)CC[C@]5(C)[C@H]4CC[C@@]31C)O2. The van der Waals surface area contributed by atoms with Gasteiger partial charge in [0.05, 0.1) is 18.3 Å². The number of aliphatic hydroxyl groups is 3. The van der Waals surface area contributed by atoms with Crippen LogP contribution in [0.4, 0.5) is 0 Å². The molecule has 0 aromatic rings. The van der Waals surface area contributed by atoms with E-state index >= 15 is 0 Å². The lowest BCUT2D eigenvalue weighted by Crippen LogP contribution is -2.63. The van der Waals surface area contributed by atoms with E-state index in [0.29, 0.717) is 24.2 Å². The molecule has 6 rings (SSSR count). The lowest BCUT2D eigenvalue weighted by atomic mass is 9.46. The zero-order valence-corrected chi connectivity index (χ0v) is 20.4. The second-order valence-electron chi connectivity index (χ2n) is 13.4. The Kier molecular flexibility index (Phi) is 4.40. The molecule has 2 bridgehead atoms. The minimum absolute atomic E-state index is 0.0115. The minimum Gasteiger partial charge on any atom is -0.393 e. The van der Waals surface area contributed by atoms with Crippen molar-refractivity contribution in [2.75, 3.05) is 0 Å². The average Bonchev–Trinajstić information content (AvgIpc) is 3.11. The maximum Gasteiger partial charge on any atom is 0.200 e. The predicted octanol–water partition coefficient (Wildman–Crippen LogP) is 3.94. The van der Waals surface area contributed by atoms with Crippen molar-refractivity contribution in [2.24, 2.45) is 34.5 Å². The molecular weight excluding hydrogens is 404 g/mol. The topological polar surface area (TPSA) is 79.2 Å². The third-order valence-corrected chi connectivity index (χ3v) is 11.5. The van der Waals surface area contributed by atoms with Crippen LogP contribution in [-0.2, 0) is 9.47 Å². The Labute approximate surface area is 192 Å². The molecule has 5 nitrogen and oxygen atoms in total. The van der Waals surface area contributed by atoms with Crippen molar-refractivity contribution in [3.05, 3.63) is 11.6 Å². The number of hydrogen-bond donors (Lipinski definition) is 3. The summed E-state index contributed by atoms with van der Waals surface area (Å²) in [6.07, 6.45) is 9.29. The highest BCUT2D eigenvalue weighted by molar-refractivity contribution is 5.27. The average molecular weight is 447 g/mol. The first kappa shape index (κ1) is 22.0. The Bertz CT molecular complexity index is 847. The first-order chi connectivity index (χ1) is 14.8. The van der Waals surface area contributed by atoms with Gasteiger partial charge in [-0.1, -0.05) is 25.5 Å². The molecule has 2 heterocycles. The van der Waals surface area contributed by atoms with E-state index in [1.165, 1.54) is 12.0 Å². The fraction of sp³-hybridized carbons (Fsp3) is 0.926. The molecular formula is C27H42O5. The monoisotopic (exact) mass is 446 g/mol. The Morgan fingerprint density at radius 2 is 1.81 bits per heavy atom. The van der Waals surface area contributed by atoms with Crippen LogP contribution < -0.4 is 0 Å². The molecule has 0 radical (unpaired) electrons. The van der Waals surface area contributed by atoms with E-state index in [2.05, 4.69) is 26.8 Å². The lowest BCUT2D eigenvalue weighted by molar-refractivity contribution is -0.384. The van der Waals surface area contributed by atoms with Gasteiger partial charge in [0.15, 0.2) is 5.79 Å². The molecule has 32 heavy (non-hydrogen) atoms. The molecule has 0 spiro atoms. The Morgan fingerprint density at radius 1 is 1.06 bits per heavy atom. The van der Waals surface area contributed by atoms with Gasteiger partial charge in [0.2, 0.25) is 0 Å². The molecule has 0 aromatic heterocycles. The van der Waals surface area contributed by atoms with E-state index in [4.69, 9.17) is 9.47 Å². The quantitative estimate of drug-likeness (QED) is 0.532. The molecule has 180 valence electrons. The summed E-state index contributed by atoms with van der Waals surface area (Å²) < 4.78 is 13.3. The van der Waals surface area contributed by atoms with Gasteiger partial charge in [0.1, 0.15) is 11.2 Å². The van der Waals surface area contributed by atoms with Gasteiger partial charge >= 0.3 is 0 Å². The van der Waals surface area contributed by atoms with Crippen LogP contribution in [0.25, 0.3) is 0 Å². The minimum atomic E-state index is -1.17. The smallest absolute Gasteiger partial charge is 0.200 e. The van der Waals surface area contributed by atoms with E-state index < -0.39 is 23.1 Å². The Balaban J connectivity index is 1.37. The predicted molar refractivity (Wildman–Crippen MR) is 121 cm³/mol. The van der Waals surface area contributed by atoms with E-state index in [1.54, 1.807) is 13.8 Å². The fourth-order valence-corrected chi connectivity index (χ4v) is 9.80. The van der Waals surface area contributed by atoms with Crippen LogP contribution in [0.3, 0.4) is 0 Å². The molecule has 0 aromatic carbocycles.